The number of amides is 1. The summed E-state index contributed by atoms with van der Waals surface area (Å²) in [5, 5.41) is 0. The zero-order valence-corrected chi connectivity index (χ0v) is 13.6. The second kappa shape index (κ2) is 6.23. The zero-order valence-electron chi connectivity index (χ0n) is 12.0. The molecule has 0 unspecified atom stereocenters. The maximum atomic E-state index is 12.5. The Bertz CT molecular complexity index is 619. The highest BCUT2D eigenvalue weighted by molar-refractivity contribution is 9.10. The van der Waals surface area contributed by atoms with E-state index in [1.165, 1.54) is 5.56 Å². The lowest BCUT2D eigenvalue weighted by Crippen LogP contribution is -2.26. The summed E-state index contributed by atoms with van der Waals surface area (Å²) in [5.74, 6) is 0.0457. The highest BCUT2D eigenvalue weighted by Crippen LogP contribution is 2.18. The summed E-state index contributed by atoms with van der Waals surface area (Å²) in [4.78, 5) is 14.2. The molecule has 2 rings (SSSR count). The Balaban J connectivity index is 2.16. The predicted octanol–water partition coefficient (Wildman–Crippen LogP) is 4.34. The van der Waals surface area contributed by atoms with Gasteiger partial charge < -0.3 is 4.90 Å². The topological polar surface area (TPSA) is 20.3 Å². The lowest BCUT2D eigenvalue weighted by atomic mass is 10.1. The van der Waals surface area contributed by atoms with Crippen LogP contribution < -0.4 is 0 Å². The van der Waals surface area contributed by atoms with E-state index in [9.17, 15) is 4.79 Å². The van der Waals surface area contributed by atoms with Gasteiger partial charge in [-0.3, -0.25) is 4.79 Å². The molecule has 2 nitrogen and oxygen atoms in total. The molecular weight excluding hydrogens is 314 g/mol. The Kier molecular flexibility index (Phi) is 4.61. The van der Waals surface area contributed by atoms with Crippen molar-refractivity contribution in [3.05, 3.63) is 69.2 Å². The summed E-state index contributed by atoms with van der Waals surface area (Å²) >= 11 is 3.42. The van der Waals surface area contributed by atoms with E-state index in [1.807, 2.05) is 32.2 Å². The van der Waals surface area contributed by atoms with Crippen molar-refractivity contribution in [1.29, 1.82) is 0 Å². The van der Waals surface area contributed by atoms with Gasteiger partial charge in [-0.2, -0.15) is 0 Å². The minimum atomic E-state index is 0.0457. The van der Waals surface area contributed by atoms with Gasteiger partial charge in [0, 0.05) is 23.6 Å². The molecular formula is C17H18BrNO. The molecule has 3 heteroatoms. The molecule has 20 heavy (non-hydrogen) atoms. The molecule has 0 heterocycles. The molecule has 0 saturated heterocycles. The third-order valence-electron chi connectivity index (χ3n) is 3.32. The number of carbonyl (C=O) groups is 1. The molecule has 2 aromatic rings. The van der Waals surface area contributed by atoms with Crippen molar-refractivity contribution in [1.82, 2.24) is 4.90 Å². The van der Waals surface area contributed by atoms with Crippen molar-refractivity contribution in [3.8, 4) is 0 Å². The van der Waals surface area contributed by atoms with E-state index in [1.54, 1.807) is 4.90 Å². The molecule has 1 amide bonds. The molecule has 0 atom stereocenters. The average molecular weight is 332 g/mol. The molecule has 0 saturated carbocycles. The number of aryl methyl sites for hydroxylation is 2. The van der Waals surface area contributed by atoms with Crippen LogP contribution >= 0.6 is 15.9 Å². The van der Waals surface area contributed by atoms with E-state index in [2.05, 4.69) is 47.1 Å². The van der Waals surface area contributed by atoms with Gasteiger partial charge in [0.25, 0.3) is 5.91 Å². The first-order valence-electron chi connectivity index (χ1n) is 6.54. The maximum absolute atomic E-state index is 12.5. The average Bonchev–Trinajstić information content (AvgIpc) is 2.43. The predicted molar refractivity (Wildman–Crippen MR) is 85.9 cm³/mol. The SMILES string of the molecule is Cc1ccc(CN(C)C(=O)c2cc(Br)ccc2C)cc1. The smallest absolute Gasteiger partial charge is 0.254 e. The van der Waals surface area contributed by atoms with Gasteiger partial charge in [-0.1, -0.05) is 51.8 Å². The Morgan fingerprint density at radius 2 is 1.75 bits per heavy atom. The first-order chi connectivity index (χ1) is 9.47. The fraction of sp³-hybridized carbons (Fsp3) is 0.235. The molecule has 0 aliphatic rings. The standard InChI is InChI=1S/C17H18BrNO/c1-12-4-7-14(8-5-12)11-19(3)17(20)16-10-15(18)9-6-13(16)2/h4-10H,11H2,1-3H3. The van der Waals surface area contributed by atoms with Gasteiger partial charge in [0.2, 0.25) is 0 Å². The van der Waals surface area contributed by atoms with Gasteiger partial charge in [-0.15, -0.1) is 0 Å². The first-order valence-corrected chi connectivity index (χ1v) is 7.34. The lowest BCUT2D eigenvalue weighted by molar-refractivity contribution is 0.0784. The van der Waals surface area contributed by atoms with E-state index in [0.717, 1.165) is 21.2 Å². The monoisotopic (exact) mass is 331 g/mol. The van der Waals surface area contributed by atoms with E-state index in [-0.39, 0.29) is 5.91 Å². The second-order valence-electron chi connectivity index (χ2n) is 5.11. The molecule has 0 bridgehead atoms. The van der Waals surface area contributed by atoms with Crippen LogP contribution in [0.2, 0.25) is 0 Å². The van der Waals surface area contributed by atoms with Crippen molar-refractivity contribution in [2.75, 3.05) is 7.05 Å². The van der Waals surface area contributed by atoms with Crippen LogP contribution in [-0.2, 0) is 6.54 Å². The van der Waals surface area contributed by atoms with Crippen LogP contribution in [0, 0.1) is 13.8 Å². The number of hydrogen-bond donors (Lipinski definition) is 0. The van der Waals surface area contributed by atoms with Crippen LogP contribution in [0.15, 0.2) is 46.9 Å². The van der Waals surface area contributed by atoms with Crippen LogP contribution in [0.5, 0.6) is 0 Å². The molecule has 0 aromatic heterocycles. The molecule has 104 valence electrons. The minimum absolute atomic E-state index is 0.0457. The van der Waals surface area contributed by atoms with Gasteiger partial charge in [0.1, 0.15) is 0 Å². The molecule has 0 aliphatic carbocycles. The Hall–Kier alpha value is -1.61. The van der Waals surface area contributed by atoms with Crippen LogP contribution in [0.4, 0.5) is 0 Å². The number of nitrogens with zero attached hydrogens (tertiary/aromatic N) is 1. The van der Waals surface area contributed by atoms with Crippen LogP contribution in [0.3, 0.4) is 0 Å². The van der Waals surface area contributed by atoms with Crippen molar-refractivity contribution >= 4 is 21.8 Å². The van der Waals surface area contributed by atoms with Crippen molar-refractivity contribution in [3.63, 3.8) is 0 Å². The van der Waals surface area contributed by atoms with Gasteiger partial charge >= 0.3 is 0 Å². The summed E-state index contributed by atoms with van der Waals surface area (Å²) in [6, 6.07) is 14.0. The molecule has 0 aliphatic heterocycles. The fourth-order valence-corrected chi connectivity index (χ4v) is 2.43. The Morgan fingerprint density at radius 1 is 1.10 bits per heavy atom. The maximum Gasteiger partial charge on any atom is 0.254 e. The molecule has 0 spiro atoms. The van der Waals surface area contributed by atoms with Crippen molar-refractivity contribution in [2.45, 2.75) is 20.4 Å². The molecule has 0 N–H and O–H groups in total. The van der Waals surface area contributed by atoms with Crippen LogP contribution in [-0.4, -0.2) is 17.9 Å². The van der Waals surface area contributed by atoms with Gasteiger partial charge in [0.15, 0.2) is 0 Å². The fourth-order valence-electron chi connectivity index (χ4n) is 2.07. The summed E-state index contributed by atoms with van der Waals surface area (Å²) < 4.78 is 0.926. The highest BCUT2D eigenvalue weighted by Gasteiger charge is 2.14. The summed E-state index contributed by atoms with van der Waals surface area (Å²) in [6.45, 7) is 4.63. The number of rotatable bonds is 3. The van der Waals surface area contributed by atoms with E-state index in [0.29, 0.717) is 6.54 Å². The Morgan fingerprint density at radius 3 is 2.40 bits per heavy atom. The van der Waals surface area contributed by atoms with E-state index in [4.69, 9.17) is 0 Å². The third-order valence-corrected chi connectivity index (χ3v) is 3.81. The van der Waals surface area contributed by atoms with Crippen molar-refractivity contribution in [2.24, 2.45) is 0 Å². The molecule has 2 aromatic carbocycles. The summed E-state index contributed by atoms with van der Waals surface area (Å²) in [5.41, 5.74) is 4.10. The summed E-state index contributed by atoms with van der Waals surface area (Å²) in [6.07, 6.45) is 0. The summed E-state index contributed by atoms with van der Waals surface area (Å²) in [7, 11) is 1.84. The minimum Gasteiger partial charge on any atom is -0.337 e. The number of carbonyl (C=O) groups excluding carboxylic acids is 1. The van der Waals surface area contributed by atoms with Crippen LogP contribution in [0.1, 0.15) is 27.0 Å². The number of halogens is 1. The van der Waals surface area contributed by atoms with Gasteiger partial charge in [-0.05, 0) is 37.1 Å². The van der Waals surface area contributed by atoms with E-state index >= 15 is 0 Å². The molecule has 0 radical (unpaired) electrons. The first kappa shape index (κ1) is 14.8. The quantitative estimate of drug-likeness (QED) is 0.819. The van der Waals surface area contributed by atoms with Gasteiger partial charge in [-0.25, -0.2) is 0 Å². The lowest BCUT2D eigenvalue weighted by Gasteiger charge is -2.19. The largest absolute Gasteiger partial charge is 0.337 e. The highest BCUT2D eigenvalue weighted by atomic mass is 79.9. The van der Waals surface area contributed by atoms with Gasteiger partial charge in [0.05, 0.1) is 0 Å². The normalized spacial score (nSPS) is 10.4. The third kappa shape index (κ3) is 3.48. The number of hydrogen-bond acceptors (Lipinski definition) is 1. The van der Waals surface area contributed by atoms with Crippen LogP contribution in [0.25, 0.3) is 0 Å². The Labute approximate surface area is 128 Å². The van der Waals surface area contributed by atoms with Crippen molar-refractivity contribution < 1.29 is 4.79 Å². The van der Waals surface area contributed by atoms with E-state index < -0.39 is 0 Å². The zero-order chi connectivity index (χ0) is 14.7. The second-order valence-corrected chi connectivity index (χ2v) is 6.02. The number of benzene rings is 2. The molecule has 0 fully saturated rings.